The minimum Gasteiger partial charge on any atom is -0.207 e. The van der Waals surface area contributed by atoms with E-state index in [1.165, 1.54) is 12.1 Å². The van der Waals surface area contributed by atoms with E-state index in [2.05, 4.69) is 0 Å². The molecular weight excluding hydrogens is 194 g/mol. The summed E-state index contributed by atoms with van der Waals surface area (Å²) in [5.74, 6) is -1.16. The third-order valence-corrected chi connectivity index (χ3v) is 2.48. The van der Waals surface area contributed by atoms with Gasteiger partial charge in [0.1, 0.15) is 11.6 Å². The standard InChI is InChI=1S/C10H11ClF2/c1-6(7(2)11)8-3-9(12)5-10(13)4-8/h3-7H,1-2H3. The van der Waals surface area contributed by atoms with Crippen LogP contribution in [0.4, 0.5) is 8.78 Å². The van der Waals surface area contributed by atoms with Gasteiger partial charge in [0.25, 0.3) is 0 Å². The largest absolute Gasteiger partial charge is 0.207 e. The molecule has 0 fully saturated rings. The third-order valence-electron chi connectivity index (χ3n) is 2.10. The van der Waals surface area contributed by atoms with Crippen LogP contribution in [0.2, 0.25) is 0 Å². The zero-order valence-corrected chi connectivity index (χ0v) is 8.28. The van der Waals surface area contributed by atoms with Crippen LogP contribution < -0.4 is 0 Å². The lowest BCUT2D eigenvalue weighted by molar-refractivity contribution is 0.574. The molecule has 2 atom stereocenters. The van der Waals surface area contributed by atoms with Gasteiger partial charge < -0.3 is 0 Å². The lowest BCUT2D eigenvalue weighted by Crippen LogP contribution is -2.05. The summed E-state index contributed by atoms with van der Waals surface area (Å²) in [6, 6.07) is 3.48. The second-order valence-corrected chi connectivity index (χ2v) is 3.86. The first-order valence-electron chi connectivity index (χ1n) is 4.10. The van der Waals surface area contributed by atoms with Crippen LogP contribution in [0.5, 0.6) is 0 Å². The number of benzene rings is 1. The highest BCUT2D eigenvalue weighted by atomic mass is 35.5. The van der Waals surface area contributed by atoms with E-state index in [4.69, 9.17) is 11.6 Å². The number of halogens is 3. The van der Waals surface area contributed by atoms with Crippen molar-refractivity contribution in [3.63, 3.8) is 0 Å². The van der Waals surface area contributed by atoms with Crippen LogP contribution in [-0.4, -0.2) is 5.38 Å². The molecule has 0 saturated heterocycles. The highest BCUT2D eigenvalue weighted by molar-refractivity contribution is 6.20. The second kappa shape index (κ2) is 4.05. The van der Waals surface area contributed by atoms with Crippen molar-refractivity contribution in [1.29, 1.82) is 0 Å². The summed E-state index contributed by atoms with van der Waals surface area (Å²) in [6.07, 6.45) is 0. The first-order chi connectivity index (χ1) is 6.00. The lowest BCUT2D eigenvalue weighted by Gasteiger charge is -2.14. The molecule has 0 amide bonds. The molecule has 3 heteroatoms. The highest BCUT2D eigenvalue weighted by Gasteiger charge is 2.13. The van der Waals surface area contributed by atoms with Crippen molar-refractivity contribution in [1.82, 2.24) is 0 Å². The summed E-state index contributed by atoms with van der Waals surface area (Å²) >= 11 is 5.82. The number of hydrogen-bond acceptors (Lipinski definition) is 0. The summed E-state index contributed by atoms with van der Waals surface area (Å²) in [7, 11) is 0. The molecule has 0 bridgehead atoms. The van der Waals surface area contributed by atoms with Crippen LogP contribution in [0, 0.1) is 11.6 Å². The lowest BCUT2D eigenvalue weighted by atomic mass is 9.98. The zero-order valence-electron chi connectivity index (χ0n) is 7.52. The summed E-state index contributed by atoms with van der Waals surface area (Å²) in [4.78, 5) is 0. The molecule has 0 radical (unpaired) electrons. The van der Waals surface area contributed by atoms with E-state index in [-0.39, 0.29) is 11.3 Å². The minimum atomic E-state index is -0.556. The predicted octanol–water partition coefficient (Wildman–Crippen LogP) is 3.70. The van der Waals surface area contributed by atoms with Gasteiger partial charge in [-0.15, -0.1) is 11.6 Å². The van der Waals surface area contributed by atoms with Gasteiger partial charge in [0, 0.05) is 11.4 Å². The van der Waals surface area contributed by atoms with Crippen LogP contribution in [0.3, 0.4) is 0 Å². The molecule has 0 saturated carbocycles. The predicted molar refractivity (Wildman–Crippen MR) is 50.1 cm³/mol. The van der Waals surface area contributed by atoms with E-state index in [1.807, 2.05) is 6.92 Å². The number of alkyl halides is 1. The molecule has 2 unspecified atom stereocenters. The molecule has 1 aromatic rings. The molecule has 0 aromatic heterocycles. The Morgan fingerprint density at radius 1 is 1.08 bits per heavy atom. The quantitative estimate of drug-likeness (QED) is 0.645. The van der Waals surface area contributed by atoms with Crippen LogP contribution in [0.15, 0.2) is 18.2 Å². The van der Waals surface area contributed by atoms with Crippen molar-refractivity contribution in [2.45, 2.75) is 25.1 Å². The van der Waals surface area contributed by atoms with Crippen LogP contribution in [0.1, 0.15) is 25.3 Å². The Hall–Kier alpha value is -0.630. The highest BCUT2D eigenvalue weighted by Crippen LogP contribution is 2.24. The molecule has 13 heavy (non-hydrogen) atoms. The van der Waals surface area contributed by atoms with Crippen LogP contribution in [0.25, 0.3) is 0 Å². The monoisotopic (exact) mass is 204 g/mol. The van der Waals surface area contributed by atoms with Gasteiger partial charge in [0.15, 0.2) is 0 Å². The average Bonchev–Trinajstić information content (AvgIpc) is 2.01. The molecular formula is C10H11ClF2. The van der Waals surface area contributed by atoms with Gasteiger partial charge in [-0.05, 0) is 30.5 Å². The van der Waals surface area contributed by atoms with Crippen molar-refractivity contribution in [3.8, 4) is 0 Å². The Morgan fingerprint density at radius 2 is 1.54 bits per heavy atom. The minimum absolute atomic E-state index is 0.0492. The third kappa shape index (κ3) is 2.66. The Kier molecular flexibility index (Phi) is 3.26. The molecule has 0 aliphatic rings. The fraction of sp³-hybridized carbons (Fsp3) is 0.400. The summed E-state index contributed by atoms with van der Waals surface area (Å²) in [5, 5.41) is -0.138. The summed E-state index contributed by atoms with van der Waals surface area (Å²) < 4.78 is 25.5. The van der Waals surface area contributed by atoms with Gasteiger partial charge in [-0.25, -0.2) is 8.78 Å². The normalized spacial score (nSPS) is 15.5. The molecule has 0 heterocycles. The number of rotatable bonds is 2. The van der Waals surface area contributed by atoms with E-state index >= 15 is 0 Å². The molecule has 0 N–H and O–H groups in total. The Bertz CT molecular complexity index is 277. The molecule has 1 rings (SSSR count). The Balaban J connectivity index is 3.01. The van der Waals surface area contributed by atoms with Gasteiger partial charge in [0.2, 0.25) is 0 Å². The van der Waals surface area contributed by atoms with Crippen molar-refractivity contribution in [2.24, 2.45) is 0 Å². The SMILES string of the molecule is CC(Cl)C(C)c1cc(F)cc(F)c1. The average molecular weight is 205 g/mol. The van der Waals surface area contributed by atoms with Gasteiger partial charge >= 0.3 is 0 Å². The van der Waals surface area contributed by atoms with Crippen molar-refractivity contribution in [2.75, 3.05) is 0 Å². The molecule has 0 nitrogen and oxygen atoms in total. The van der Waals surface area contributed by atoms with E-state index in [9.17, 15) is 8.78 Å². The molecule has 1 aromatic carbocycles. The fourth-order valence-corrected chi connectivity index (χ4v) is 1.25. The first kappa shape index (κ1) is 10.5. The molecule has 0 spiro atoms. The maximum Gasteiger partial charge on any atom is 0.126 e. The fourth-order valence-electron chi connectivity index (χ4n) is 1.10. The van der Waals surface area contributed by atoms with Gasteiger partial charge in [0.05, 0.1) is 0 Å². The Labute approximate surface area is 81.5 Å². The molecule has 0 aliphatic heterocycles. The van der Waals surface area contributed by atoms with Crippen molar-refractivity contribution >= 4 is 11.6 Å². The zero-order chi connectivity index (χ0) is 10.0. The van der Waals surface area contributed by atoms with E-state index < -0.39 is 11.6 Å². The Morgan fingerprint density at radius 3 is 1.92 bits per heavy atom. The van der Waals surface area contributed by atoms with Crippen LogP contribution in [-0.2, 0) is 0 Å². The molecule has 72 valence electrons. The first-order valence-corrected chi connectivity index (χ1v) is 4.54. The number of hydrogen-bond donors (Lipinski definition) is 0. The maximum absolute atomic E-state index is 12.8. The van der Waals surface area contributed by atoms with E-state index in [1.54, 1.807) is 6.92 Å². The van der Waals surface area contributed by atoms with Gasteiger partial charge in [-0.3, -0.25) is 0 Å². The smallest absolute Gasteiger partial charge is 0.126 e. The van der Waals surface area contributed by atoms with Gasteiger partial charge in [-0.1, -0.05) is 6.92 Å². The molecule has 0 aliphatic carbocycles. The maximum atomic E-state index is 12.8. The van der Waals surface area contributed by atoms with E-state index in [0.717, 1.165) is 6.07 Å². The van der Waals surface area contributed by atoms with E-state index in [0.29, 0.717) is 5.56 Å². The summed E-state index contributed by atoms with van der Waals surface area (Å²) in [6.45, 7) is 3.64. The topological polar surface area (TPSA) is 0 Å². The van der Waals surface area contributed by atoms with Crippen molar-refractivity contribution < 1.29 is 8.78 Å². The van der Waals surface area contributed by atoms with Crippen LogP contribution >= 0.6 is 11.6 Å². The van der Waals surface area contributed by atoms with Crippen molar-refractivity contribution in [3.05, 3.63) is 35.4 Å². The summed E-state index contributed by atoms with van der Waals surface area (Å²) in [5.41, 5.74) is 0.597. The second-order valence-electron chi connectivity index (χ2n) is 3.17. The van der Waals surface area contributed by atoms with Gasteiger partial charge in [-0.2, -0.15) is 0 Å².